The predicted octanol–water partition coefficient (Wildman–Crippen LogP) is 2.40. The van der Waals surface area contributed by atoms with Gasteiger partial charge in [0.05, 0.1) is 0 Å². The van der Waals surface area contributed by atoms with Crippen LogP contribution in [-0.2, 0) is 6.42 Å². The topological polar surface area (TPSA) is 35.5 Å². The summed E-state index contributed by atoms with van der Waals surface area (Å²) in [6, 6.07) is 8.98. The number of phenols is 1. The first kappa shape index (κ1) is 13.9. The van der Waals surface area contributed by atoms with Gasteiger partial charge in [0, 0.05) is 18.6 Å². The van der Waals surface area contributed by atoms with Crippen molar-refractivity contribution in [1.82, 2.24) is 10.2 Å². The summed E-state index contributed by atoms with van der Waals surface area (Å²) in [7, 11) is 0. The monoisotopic (exact) mass is 274 g/mol. The molecule has 2 N–H and O–H groups in total. The van der Waals surface area contributed by atoms with E-state index in [-0.39, 0.29) is 0 Å². The summed E-state index contributed by atoms with van der Waals surface area (Å²) in [6.07, 6.45) is 5.24. The van der Waals surface area contributed by atoms with Gasteiger partial charge in [0.25, 0.3) is 0 Å². The van der Waals surface area contributed by atoms with Crippen LogP contribution in [0.25, 0.3) is 0 Å². The number of hydrogen-bond acceptors (Lipinski definition) is 3. The lowest BCUT2D eigenvalue weighted by Crippen LogP contribution is -2.34. The summed E-state index contributed by atoms with van der Waals surface area (Å²) in [5.41, 5.74) is 1.29. The Morgan fingerprint density at radius 1 is 1.25 bits per heavy atom. The second-order valence-electron chi connectivity index (χ2n) is 6.56. The van der Waals surface area contributed by atoms with Crippen molar-refractivity contribution >= 4 is 0 Å². The Kier molecular flexibility index (Phi) is 4.27. The lowest BCUT2D eigenvalue weighted by atomic mass is 10.1. The van der Waals surface area contributed by atoms with E-state index in [0.717, 1.165) is 24.9 Å². The van der Waals surface area contributed by atoms with Gasteiger partial charge in [-0.25, -0.2) is 0 Å². The summed E-state index contributed by atoms with van der Waals surface area (Å²) in [4.78, 5) is 2.68. The van der Waals surface area contributed by atoms with Crippen LogP contribution >= 0.6 is 0 Å². The molecular weight excluding hydrogens is 248 g/mol. The Balaban J connectivity index is 1.38. The molecule has 0 radical (unpaired) electrons. The molecule has 2 atom stereocenters. The van der Waals surface area contributed by atoms with E-state index < -0.39 is 0 Å². The molecule has 1 aliphatic carbocycles. The minimum atomic E-state index is 0.348. The van der Waals surface area contributed by atoms with Crippen LogP contribution in [0.5, 0.6) is 5.75 Å². The zero-order valence-electron chi connectivity index (χ0n) is 12.4. The molecule has 1 aromatic rings. The number of nitrogens with one attached hydrogen (secondary N) is 1. The molecule has 3 rings (SSSR count). The number of rotatable bonds is 6. The molecule has 1 saturated carbocycles. The van der Waals surface area contributed by atoms with Gasteiger partial charge >= 0.3 is 0 Å². The van der Waals surface area contributed by atoms with Crippen LogP contribution in [0.4, 0.5) is 0 Å². The quantitative estimate of drug-likeness (QED) is 0.836. The molecule has 1 aromatic carbocycles. The van der Waals surface area contributed by atoms with Crippen LogP contribution in [0.2, 0.25) is 0 Å². The molecule has 1 heterocycles. The summed E-state index contributed by atoms with van der Waals surface area (Å²) in [6.45, 7) is 6.00. The Labute approximate surface area is 122 Å². The zero-order valence-corrected chi connectivity index (χ0v) is 12.4. The van der Waals surface area contributed by atoms with Crippen LogP contribution in [-0.4, -0.2) is 41.7 Å². The first-order chi connectivity index (χ1) is 9.70. The van der Waals surface area contributed by atoms with Crippen molar-refractivity contribution in [2.75, 3.05) is 19.6 Å². The summed E-state index contributed by atoms with van der Waals surface area (Å²) < 4.78 is 0. The van der Waals surface area contributed by atoms with Crippen LogP contribution in [0.15, 0.2) is 24.3 Å². The lowest BCUT2D eigenvalue weighted by Gasteiger charge is -2.18. The molecule has 0 spiro atoms. The Hall–Kier alpha value is -1.06. The minimum absolute atomic E-state index is 0.348. The highest BCUT2D eigenvalue weighted by Crippen LogP contribution is 2.31. The zero-order chi connectivity index (χ0) is 13.9. The van der Waals surface area contributed by atoms with E-state index in [1.807, 2.05) is 12.1 Å². The maximum atomic E-state index is 9.29. The van der Waals surface area contributed by atoms with Gasteiger partial charge in [-0.1, -0.05) is 12.1 Å². The second-order valence-corrected chi connectivity index (χ2v) is 6.56. The van der Waals surface area contributed by atoms with Crippen molar-refractivity contribution < 1.29 is 5.11 Å². The Morgan fingerprint density at radius 2 is 2.00 bits per heavy atom. The SMILES string of the molecule is CC(Cc1ccc(O)cc1)NCC1CCN(C2CC2)C1. The molecule has 0 amide bonds. The standard InChI is InChI=1S/C17H26N2O/c1-13(10-14-2-6-17(20)7-3-14)18-11-15-8-9-19(12-15)16-4-5-16/h2-3,6-7,13,15-16,18,20H,4-5,8-12H2,1H3. The van der Waals surface area contributed by atoms with E-state index >= 15 is 0 Å². The van der Waals surface area contributed by atoms with Crippen LogP contribution in [0.3, 0.4) is 0 Å². The van der Waals surface area contributed by atoms with Gasteiger partial charge in [0.15, 0.2) is 0 Å². The molecule has 3 heteroatoms. The van der Waals surface area contributed by atoms with E-state index in [9.17, 15) is 5.11 Å². The van der Waals surface area contributed by atoms with Gasteiger partial charge < -0.3 is 15.3 Å². The maximum Gasteiger partial charge on any atom is 0.115 e. The van der Waals surface area contributed by atoms with Crippen LogP contribution in [0.1, 0.15) is 31.7 Å². The van der Waals surface area contributed by atoms with Crippen LogP contribution in [0, 0.1) is 5.92 Å². The van der Waals surface area contributed by atoms with Gasteiger partial charge in [0.2, 0.25) is 0 Å². The fourth-order valence-electron chi connectivity index (χ4n) is 3.23. The highest BCUT2D eigenvalue weighted by atomic mass is 16.3. The second kappa shape index (κ2) is 6.15. The maximum absolute atomic E-state index is 9.29. The Bertz CT molecular complexity index is 427. The molecule has 0 aromatic heterocycles. The van der Waals surface area contributed by atoms with Crippen LogP contribution < -0.4 is 5.32 Å². The Morgan fingerprint density at radius 3 is 2.70 bits per heavy atom. The highest BCUT2D eigenvalue weighted by Gasteiger charge is 2.34. The average molecular weight is 274 g/mol. The summed E-state index contributed by atoms with van der Waals surface area (Å²) in [5, 5.41) is 13.0. The first-order valence-corrected chi connectivity index (χ1v) is 7.96. The van der Waals surface area contributed by atoms with E-state index in [1.54, 1.807) is 12.1 Å². The van der Waals surface area contributed by atoms with Gasteiger partial charge in [0.1, 0.15) is 5.75 Å². The third kappa shape index (κ3) is 3.74. The molecule has 1 aliphatic heterocycles. The number of nitrogens with zero attached hydrogens (tertiary/aromatic N) is 1. The molecular formula is C17H26N2O. The number of benzene rings is 1. The number of phenolic OH excluding ortho intramolecular Hbond substituents is 1. The first-order valence-electron chi connectivity index (χ1n) is 7.96. The van der Waals surface area contributed by atoms with E-state index in [4.69, 9.17) is 0 Å². The fraction of sp³-hybridized carbons (Fsp3) is 0.647. The molecule has 3 nitrogen and oxygen atoms in total. The lowest BCUT2D eigenvalue weighted by molar-refractivity contribution is 0.309. The van der Waals surface area contributed by atoms with Gasteiger partial charge in [-0.2, -0.15) is 0 Å². The largest absolute Gasteiger partial charge is 0.508 e. The normalized spacial score (nSPS) is 24.9. The van der Waals surface area contributed by atoms with E-state index in [0.29, 0.717) is 11.8 Å². The molecule has 0 bridgehead atoms. The van der Waals surface area contributed by atoms with E-state index in [2.05, 4.69) is 17.1 Å². The average Bonchev–Trinajstić information content (AvgIpc) is 3.18. The van der Waals surface area contributed by atoms with Crippen molar-refractivity contribution in [3.05, 3.63) is 29.8 Å². The summed E-state index contributed by atoms with van der Waals surface area (Å²) in [5.74, 6) is 1.18. The molecule has 1 saturated heterocycles. The highest BCUT2D eigenvalue weighted by molar-refractivity contribution is 5.26. The molecule has 110 valence electrons. The molecule has 2 unspecified atom stereocenters. The number of likely N-dealkylation sites (tertiary alicyclic amines) is 1. The number of hydrogen-bond donors (Lipinski definition) is 2. The third-order valence-corrected chi connectivity index (χ3v) is 4.61. The predicted molar refractivity (Wildman–Crippen MR) is 82.0 cm³/mol. The van der Waals surface area contributed by atoms with Crippen molar-refractivity contribution in [3.8, 4) is 5.75 Å². The van der Waals surface area contributed by atoms with Crippen molar-refractivity contribution in [1.29, 1.82) is 0 Å². The molecule has 2 aliphatic rings. The smallest absolute Gasteiger partial charge is 0.115 e. The number of aromatic hydroxyl groups is 1. The van der Waals surface area contributed by atoms with Gasteiger partial charge in [-0.3, -0.25) is 0 Å². The van der Waals surface area contributed by atoms with Crippen molar-refractivity contribution in [3.63, 3.8) is 0 Å². The van der Waals surface area contributed by atoms with Gasteiger partial charge in [-0.15, -0.1) is 0 Å². The minimum Gasteiger partial charge on any atom is -0.508 e. The molecule has 2 fully saturated rings. The fourth-order valence-corrected chi connectivity index (χ4v) is 3.23. The van der Waals surface area contributed by atoms with E-state index in [1.165, 1.54) is 37.9 Å². The summed E-state index contributed by atoms with van der Waals surface area (Å²) >= 11 is 0. The van der Waals surface area contributed by atoms with Crippen molar-refractivity contribution in [2.24, 2.45) is 5.92 Å². The molecule has 20 heavy (non-hydrogen) atoms. The van der Waals surface area contributed by atoms with Crippen molar-refractivity contribution in [2.45, 2.75) is 44.7 Å². The van der Waals surface area contributed by atoms with Gasteiger partial charge in [-0.05, 0) is 69.3 Å². The third-order valence-electron chi connectivity index (χ3n) is 4.61.